The predicted molar refractivity (Wildman–Crippen MR) is 98.5 cm³/mol. The molecule has 0 aliphatic heterocycles. The fourth-order valence-electron chi connectivity index (χ4n) is 2.78. The van der Waals surface area contributed by atoms with Crippen molar-refractivity contribution < 1.29 is 9.32 Å². The van der Waals surface area contributed by atoms with Gasteiger partial charge in [-0.2, -0.15) is 4.98 Å². The van der Waals surface area contributed by atoms with Crippen LogP contribution >= 0.6 is 11.3 Å². The number of rotatable bonds is 6. The number of aromatic nitrogens is 4. The molecule has 132 valence electrons. The molecule has 0 saturated carbocycles. The lowest BCUT2D eigenvalue weighted by Gasteiger charge is -2.07. The summed E-state index contributed by atoms with van der Waals surface area (Å²) in [5.41, 5.74) is 1.98. The second-order valence-corrected chi connectivity index (χ2v) is 6.77. The summed E-state index contributed by atoms with van der Waals surface area (Å²) in [5, 5.41) is 8.68. The molecule has 0 aliphatic carbocycles. The van der Waals surface area contributed by atoms with E-state index in [0.29, 0.717) is 24.7 Å². The average Bonchev–Trinajstić information content (AvgIpc) is 3.37. The molecule has 3 heterocycles. The zero-order valence-electron chi connectivity index (χ0n) is 14.2. The summed E-state index contributed by atoms with van der Waals surface area (Å²) in [6.07, 6.45) is 0.358. The first-order chi connectivity index (χ1) is 12.7. The van der Waals surface area contributed by atoms with Gasteiger partial charge in [-0.15, -0.1) is 11.3 Å². The monoisotopic (exact) mass is 367 g/mol. The molecule has 0 unspecified atom stereocenters. The molecule has 26 heavy (non-hydrogen) atoms. The molecule has 0 fully saturated rings. The second-order valence-electron chi connectivity index (χ2n) is 5.82. The summed E-state index contributed by atoms with van der Waals surface area (Å²) in [6.45, 7) is 2.77. The molecule has 0 atom stereocenters. The van der Waals surface area contributed by atoms with Crippen LogP contribution in [0.1, 0.15) is 18.1 Å². The van der Waals surface area contributed by atoms with Gasteiger partial charge in [0.05, 0.1) is 22.5 Å². The maximum Gasteiger partial charge on any atom is 0.268 e. The Morgan fingerprint density at radius 3 is 2.96 bits per heavy atom. The standard InChI is InChI=1S/C18H17N5O2S/c1-12-20-13-5-2-3-6-14(13)23(12)9-8-17(24)19-11-16-21-18(25-22-16)15-7-4-10-26-15/h2-7,10H,8-9,11H2,1H3,(H,19,24). The number of carbonyl (C=O) groups excluding carboxylic acids is 1. The van der Waals surface area contributed by atoms with Gasteiger partial charge in [-0.05, 0) is 30.5 Å². The van der Waals surface area contributed by atoms with Gasteiger partial charge in [-0.3, -0.25) is 4.79 Å². The van der Waals surface area contributed by atoms with Gasteiger partial charge in [0.2, 0.25) is 5.91 Å². The Morgan fingerprint density at radius 1 is 1.23 bits per heavy atom. The zero-order valence-corrected chi connectivity index (χ0v) is 15.0. The smallest absolute Gasteiger partial charge is 0.268 e. The summed E-state index contributed by atoms with van der Waals surface area (Å²) >= 11 is 1.53. The number of amides is 1. The van der Waals surface area contributed by atoms with E-state index < -0.39 is 0 Å². The Bertz CT molecular complexity index is 1040. The zero-order chi connectivity index (χ0) is 17.9. The molecule has 3 aromatic heterocycles. The Balaban J connectivity index is 1.34. The van der Waals surface area contributed by atoms with Crippen molar-refractivity contribution in [3.05, 3.63) is 53.4 Å². The van der Waals surface area contributed by atoms with E-state index in [1.807, 2.05) is 48.7 Å². The minimum atomic E-state index is -0.0651. The van der Waals surface area contributed by atoms with E-state index in [0.717, 1.165) is 21.7 Å². The molecule has 0 bridgehead atoms. The molecule has 0 radical (unpaired) electrons. The number of carbonyl (C=O) groups is 1. The maximum absolute atomic E-state index is 12.2. The van der Waals surface area contributed by atoms with Crippen LogP contribution < -0.4 is 5.32 Å². The lowest BCUT2D eigenvalue weighted by Crippen LogP contribution is -2.24. The van der Waals surface area contributed by atoms with E-state index in [9.17, 15) is 4.79 Å². The minimum Gasteiger partial charge on any atom is -0.349 e. The summed E-state index contributed by atoms with van der Waals surface area (Å²) < 4.78 is 7.26. The quantitative estimate of drug-likeness (QED) is 0.566. The van der Waals surface area contributed by atoms with E-state index in [2.05, 4.69) is 25.0 Å². The summed E-state index contributed by atoms with van der Waals surface area (Å²) in [5.74, 6) is 1.78. The van der Waals surface area contributed by atoms with Gasteiger partial charge in [-0.25, -0.2) is 4.98 Å². The van der Waals surface area contributed by atoms with Gasteiger partial charge in [0, 0.05) is 13.0 Å². The number of fused-ring (bicyclic) bond motifs is 1. The SMILES string of the molecule is Cc1nc2ccccc2n1CCC(=O)NCc1noc(-c2cccs2)n1. The summed E-state index contributed by atoms with van der Waals surface area (Å²) in [4.78, 5) is 21.9. The van der Waals surface area contributed by atoms with Crippen LogP contribution in [0.15, 0.2) is 46.3 Å². The number of nitrogens with one attached hydrogen (secondary N) is 1. The van der Waals surface area contributed by atoms with E-state index in [1.165, 1.54) is 11.3 Å². The molecule has 1 amide bonds. The van der Waals surface area contributed by atoms with Crippen molar-refractivity contribution in [1.82, 2.24) is 25.0 Å². The van der Waals surface area contributed by atoms with Crippen molar-refractivity contribution >= 4 is 28.3 Å². The van der Waals surface area contributed by atoms with E-state index in [4.69, 9.17) is 4.52 Å². The number of para-hydroxylation sites is 2. The Morgan fingerprint density at radius 2 is 2.12 bits per heavy atom. The van der Waals surface area contributed by atoms with Gasteiger partial charge in [0.25, 0.3) is 5.89 Å². The van der Waals surface area contributed by atoms with Crippen molar-refractivity contribution in [2.75, 3.05) is 0 Å². The first-order valence-corrected chi connectivity index (χ1v) is 9.14. The highest BCUT2D eigenvalue weighted by atomic mass is 32.1. The number of benzene rings is 1. The van der Waals surface area contributed by atoms with Gasteiger partial charge < -0.3 is 14.4 Å². The Hall–Kier alpha value is -3.00. The topological polar surface area (TPSA) is 85.8 Å². The van der Waals surface area contributed by atoms with Crippen LogP contribution in [0, 0.1) is 6.92 Å². The highest BCUT2D eigenvalue weighted by molar-refractivity contribution is 7.13. The first-order valence-electron chi connectivity index (χ1n) is 8.26. The van der Waals surface area contributed by atoms with E-state index in [1.54, 1.807) is 0 Å². The molecule has 1 aromatic carbocycles. The van der Waals surface area contributed by atoms with Gasteiger partial charge in [-0.1, -0.05) is 23.4 Å². The van der Waals surface area contributed by atoms with Crippen LogP contribution in [0.4, 0.5) is 0 Å². The maximum atomic E-state index is 12.2. The molecular formula is C18H17N5O2S. The number of aryl methyl sites for hydroxylation is 2. The van der Waals surface area contributed by atoms with Crippen molar-refractivity contribution in [1.29, 1.82) is 0 Å². The fourth-order valence-corrected chi connectivity index (χ4v) is 3.43. The number of nitrogens with zero attached hydrogens (tertiary/aromatic N) is 4. The first kappa shape index (κ1) is 16.5. The molecule has 0 saturated heterocycles. The van der Waals surface area contributed by atoms with Crippen molar-refractivity contribution in [3.63, 3.8) is 0 Å². The van der Waals surface area contributed by atoms with Gasteiger partial charge in [0.15, 0.2) is 5.82 Å². The second kappa shape index (κ2) is 7.09. The van der Waals surface area contributed by atoms with Crippen LogP contribution in [0.25, 0.3) is 21.8 Å². The normalized spacial score (nSPS) is 11.1. The lowest BCUT2D eigenvalue weighted by molar-refractivity contribution is -0.121. The number of hydrogen-bond donors (Lipinski definition) is 1. The van der Waals surface area contributed by atoms with Crippen LogP contribution in [-0.4, -0.2) is 25.6 Å². The Labute approximate surface area is 153 Å². The highest BCUT2D eigenvalue weighted by Gasteiger charge is 2.12. The average molecular weight is 367 g/mol. The summed E-state index contributed by atoms with van der Waals surface area (Å²) in [6, 6.07) is 11.8. The van der Waals surface area contributed by atoms with Crippen LogP contribution in [0.2, 0.25) is 0 Å². The molecule has 4 rings (SSSR count). The molecule has 0 aliphatic rings. The van der Waals surface area contributed by atoms with Crippen molar-refractivity contribution in [2.24, 2.45) is 0 Å². The minimum absolute atomic E-state index is 0.0651. The van der Waals surface area contributed by atoms with Crippen LogP contribution in [0.3, 0.4) is 0 Å². The van der Waals surface area contributed by atoms with Crippen molar-refractivity contribution in [2.45, 2.75) is 26.4 Å². The van der Waals surface area contributed by atoms with Crippen LogP contribution in [0.5, 0.6) is 0 Å². The third-order valence-electron chi connectivity index (χ3n) is 4.05. The largest absolute Gasteiger partial charge is 0.349 e. The molecule has 4 aromatic rings. The van der Waals surface area contributed by atoms with E-state index >= 15 is 0 Å². The molecule has 7 nitrogen and oxygen atoms in total. The molecule has 1 N–H and O–H groups in total. The van der Waals surface area contributed by atoms with E-state index in [-0.39, 0.29) is 12.5 Å². The lowest BCUT2D eigenvalue weighted by atomic mass is 10.3. The number of thiophene rings is 1. The molecular weight excluding hydrogens is 350 g/mol. The van der Waals surface area contributed by atoms with Gasteiger partial charge in [0.1, 0.15) is 5.82 Å². The summed E-state index contributed by atoms with van der Waals surface area (Å²) in [7, 11) is 0. The Kier molecular flexibility index (Phi) is 4.49. The van der Waals surface area contributed by atoms with Crippen LogP contribution in [-0.2, 0) is 17.9 Å². The molecule has 8 heteroatoms. The third kappa shape index (κ3) is 3.36. The number of imidazole rings is 1. The highest BCUT2D eigenvalue weighted by Crippen LogP contribution is 2.22. The van der Waals surface area contributed by atoms with Crippen molar-refractivity contribution in [3.8, 4) is 10.8 Å². The third-order valence-corrected chi connectivity index (χ3v) is 4.91. The predicted octanol–water partition coefficient (Wildman–Crippen LogP) is 3.16. The van der Waals surface area contributed by atoms with Gasteiger partial charge >= 0.3 is 0 Å². The molecule has 0 spiro atoms. The number of hydrogen-bond acceptors (Lipinski definition) is 6. The fraction of sp³-hybridized carbons (Fsp3) is 0.222.